The fraction of sp³-hybridized carbons (Fsp3) is 0.353. The smallest absolute Gasteiger partial charge is 0.466 e. The first kappa shape index (κ1) is 19.0. The van der Waals surface area contributed by atoms with E-state index in [1.54, 1.807) is 0 Å². The van der Waals surface area contributed by atoms with Crippen LogP contribution in [0.1, 0.15) is 19.8 Å². The molecule has 21 heavy (non-hydrogen) atoms. The van der Waals surface area contributed by atoms with E-state index in [-0.39, 0.29) is 35.0 Å². The predicted octanol–water partition coefficient (Wildman–Crippen LogP) is 2.08. The van der Waals surface area contributed by atoms with E-state index in [4.69, 9.17) is 10.5 Å². The molecule has 2 N–H and O–H groups in total. The summed E-state index contributed by atoms with van der Waals surface area (Å²) in [6.45, 7) is 2.28. The standard InChI is InChI=1S/C12H16NO2.C5H5.Fe/c1-2-15-12(14)7-8-6-11(13)10-5-3-4-9(8)10;1-2-4-5-3-1;/h3-5,8,11H,2,6-7,13H2,1H3;1-5H;/q;;+2/t8-,11-;;/m1../s1. The van der Waals surface area contributed by atoms with Crippen molar-refractivity contribution in [1.82, 2.24) is 0 Å². The van der Waals surface area contributed by atoms with Gasteiger partial charge >= 0.3 is 23.0 Å². The number of esters is 1. The van der Waals surface area contributed by atoms with Crippen LogP contribution in [0.4, 0.5) is 0 Å². The Labute approximate surface area is 140 Å². The zero-order chi connectivity index (χ0) is 14.4. The Balaban J connectivity index is 0.000000313. The molecule has 0 aliphatic heterocycles. The molecule has 0 bridgehead atoms. The molecular weight excluding hydrogens is 306 g/mol. The van der Waals surface area contributed by atoms with Crippen molar-refractivity contribution < 1.29 is 26.6 Å². The van der Waals surface area contributed by atoms with E-state index in [2.05, 4.69) is 6.42 Å². The first-order chi connectivity index (χ1) is 9.72. The molecule has 4 heteroatoms. The van der Waals surface area contributed by atoms with Gasteiger partial charge in [-0.05, 0) is 76.5 Å². The molecular formula is C17H21FeNO2+2. The molecule has 0 aromatic heterocycles. The summed E-state index contributed by atoms with van der Waals surface area (Å²) in [6, 6.07) is 0.0921. The van der Waals surface area contributed by atoms with Crippen molar-refractivity contribution in [2.24, 2.45) is 11.7 Å². The van der Waals surface area contributed by atoms with E-state index in [0.717, 1.165) is 6.42 Å². The van der Waals surface area contributed by atoms with E-state index in [0.29, 0.717) is 13.0 Å². The number of carbonyl (C=O) groups is 1. The van der Waals surface area contributed by atoms with Gasteiger partial charge < -0.3 is 10.5 Å². The minimum absolute atomic E-state index is 0. The van der Waals surface area contributed by atoms with Crippen LogP contribution in [0.25, 0.3) is 0 Å². The van der Waals surface area contributed by atoms with Gasteiger partial charge in [-0.15, -0.1) is 0 Å². The fourth-order valence-electron chi connectivity index (χ4n) is 2.65. The zero-order valence-electron chi connectivity index (χ0n) is 12.1. The van der Waals surface area contributed by atoms with Gasteiger partial charge in [0.05, 0.1) is 6.61 Å². The van der Waals surface area contributed by atoms with Crippen LogP contribution in [-0.4, -0.2) is 18.6 Å². The van der Waals surface area contributed by atoms with Gasteiger partial charge in [0.25, 0.3) is 0 Å². The summed E-state index contributed by atoms with van der Waals surface area (Å²) in [5.74, 6) is 2.56. The summed E-state index contributed by atoms with van der Waals surface area (Å²) in [7, 11) is 0. The van der Waals surface area contributed by atoms with Crippen LogP contribution < -0.4 is 5.73 Å². The maximum Gasteiger partial charge on any atom is 2.00 e. The second-order valence-electron chi connectivity index (χ2n) is 4.95. The molecule has 2 atom stereocenters. The van der Waals surface area contributed by atoms with E-state index in [1.165, 1.54) is 11.8 Å². The summed E-state index contributed by atoms with van der Waals surface area (Å²) < 4.78 is 4.95. The van der Waals surface area contributed by atoms with Gasteiger partial charge in [-0.25, -0.2) is 0 Å². The second-order valence-corrected chi connectivity index (χ2v) is 4.95. The van der Waals surface area contributed by atoms with Crippen molar-refractivity contribution in [2.45, 2.75) is 25.8 Å². The Morgan fingerprint density at radius 2 is 1.71 bits per heavy atom. The zero-order valence-corrected chi connectivity index (χ0v) is 13.2. The molecule has 3 rings (SSSR count). The maximum absolute atomic E-state index is 11.4. The van der Waals surface area contributed by atoms with Crippen molar-refractivity contribution in [3.8, 4) is 0 Å². The number of hydrogen-bond donors (Lipinski definition) is 1. The molecule has 0 saturated heterocycles. The maximum atomic E-state index is 11.4. The molecule has 112 valence electrons. The first-order valence-corrected chi connectivity index (χ1v) is 7.05. The van der Waals surface area contributed by atoms with Crippen molar-refractivity contribution in [1.29, 1.82) is 0 Å². The summed E-state index contributed by atoms with van der Waals surface area (Å²) in [5, 5.41) is 0. The molecule has 0 unspecified atom stereocenters. The molecule has 3 saturated carbocycles. The molecule has 0 aromatic rings. The van der Waals surface area contributed by atoms with Crippen molar-refractivity contribution in [3.05, 3.63) is 63.2 Å². The average Bonchev–Trinajstić information content (AvgIpc) is 3.14. The topological polar surface area (TPSA) is 52.3 Å². The third kappa shape index (κ3) is 5.58. The molecule has 3 fully saturated rings. The number of fused-ring (bicyclic) bond motifs is 1. The Bertz CT molecular complexity index is 300. The van der Waals surface area contributed by atoms with Crippen LogP contribution in [0.5, 0.6) is 0 Å². The van der Waals surface area contributed by atoms with Gasteiger partial charge in [-0.3, -0.25) is 4.79 Å². The monoisotopic (exact) mass is 327 g/mol. The molecule has 3 nitrogen and oxygen atoms in total. The third-order valence-corrected chi connectivity index (χ3v) is 3.54. The third-order valence-electron chi connectivity index (χ3n) is 3.54. The van der Waals surface area contributed by atoms with Crippen LogP contribution in [0.15, 0.2) is 0 Å². The van der Waals surface area contributed by atoms with Crippen molar-refractivity contribution >= 4 is 5.97 Å². The minimum Gasteiger partial charge on any atom is -0.466 e. The molecule has 3 aliphatic rings. The predicted molar refractivity (Wildman–Crippen MR) is 78.2 cm³/mol. The van der Waals surface area contributed by atoms with Crippen molar-refractivity contribution in [3.63, 3.8) is 0 Å². The summed E-state index contributed by atoms with van der Waals surface area (Å²) in [6.07, 6.45) is 17.4. The molecule has 0 spiro atoms. The summed E-state index contributed by atoms with van der Waals surface area (Å²) in [5.41, 5.74) is 5.98. The van der Waals surface area contributed by atoms with E-state index < -0.39 is 0 Å². The van der Waals surface area contributed by atoms with Crippen molar-refractivity contribution in [2.75, 3.05) is 6.61 Å². The molecule has 0 amide bonds. The Hall–Kier alpha value is -0.0505. The van der Waals surface area contributed by atoms with Gasteiger partial charge in [0.15, 0.2) is 0 Å². The Morgan fingerprint density at radius 1 is 1.14 bits per heavy atom. The number of ether oxygens (including phenoxy) is 1. The fourth-order valence-corrected chi connectivity index (χ4v) is 2.65. The van der Waals surface area contributed by atoms with Crippen LogP contribution in [0.2, 0.25) is 0 Å². The van der Waals surface area contributed by atoms with E-state index >= 15 is 0 Å². The normalized spacial score (nSPS) is 28.5. The second kappa shape index (κ2) is 9.86. The Kier molecular flexibility index (Phi) is 8.92. The van der Waals surface area contributed by atoms with Crippen LogP contribution in [0, 0.1) is 69.1 Å². The van der Waals surface area contributed by atoms with Crippen LogP contribution in [0.3, 0.4) is 0 Å². The van der Waals surface area contributed by atoms with Gasteiger partial charge in [0.2, 0.25) is 0 Å². The molecule has 0 aromatic carbocycles. The van der Waals surface area contributed by atoms with E-state index in [9.17, 15) is 4.79 Å². The van der Waals surface area contributed by atoms with E-state index in [1.807, 2.05) is 51.9 Å². The van der Waals surface area contributed by atoms with Gasteiger partial charge in [-0.1, -0.05) is 0 Å². The van der Waals surface area contributed by atoms with Gasteiger partial charge in [0, 0.05) is 18.4 Å². The van der Waals surface area contributed by atoms with Crippen LogP contribution >= 0.6 is 0 Å². The molecule has 3 aliphatic carbocycles. The molecule has 10 radical (unpaired) electrons. The number of nitrogens with two attached hydrogens (primary N) is 1. The summed E-state index contributed by atoms with van der Waals surface area (Å²) in [4.78, 5) is 11.4. The number of rotatable bonds is 3. The Morgan fingerprint density at radius 3 is 2.29 bits per heavy atom. The average molecular weight is 327 g/mol. The first-order valence-electron chi connectivity index (χ1n) is 7.05. The minimum atomic E-state index is -0.122. The largest absolute Gasteiger partial charge is 2.00 e. The van der Waals surface area contributed by atoms with Gasteiger partial charge in [0.1, 0.15) is 0 Å². The molecule has 0 heterocycles. The quantitative estimate of drug-likeness (QED) is 0.638. The number of carbonyl (C=O) groups excluding carboxylic acids is 1. The summed E-state index contributed by atoms with van der Waals surface area (Å²) >= 11 is 0. The van der Waals surface area contributed by atoms with Gasteiger partial charge in [-0.2, -0.15) is 0 Å². The SMILES string of the molecule is CCOC(=O)C[C@H]1C[C@@H](N)[C]2[CH][CH][CH][C]21.[CH]1[CH][CH][CH][CH]1.[Fe+2]. The van der Waals surface area contributed by atoms with Crippen LogP contribution in [-0.2, 0) is 26.6 Å². The number of hydrogen-bond acceptors (Lipinski definition) is 3.